The second-order valence-corrected chi connectivity index (χ2v) is 11.7. The quantitative estimate of drug-likeness (QED) is 0.334. The van der Waals surface area contributed by atoms with Crippen molar-refractivity contribution in [2.75, 3.05) is 4.31 Å². The molecular weight excluding hydrogens is 506 g/mol. The molecule has 1 amide bonds. The molecule has 0 saturated heterocycles. The number of sulfonamides is 1. The minimum absolute atomic E-state index is 0.0339. The van der Waals surface area contributed by atoms with Gasteiger partial charge in [0.25, 0.3) is 15.9 Å². The predicted molar refractivity (Wildman–Crippen MR) is 150 cm³/mol. The Morgan fingerprint density at radius 1 is 0.892 bits per heavy atom. The summed E-state index contributed by atoms with van der Waals surface area (Å²) in [7, 11) is -3.99. The van der Waals surface area contributed by atoms with Gasteiger partial charge in [0.05, 0.1) is 22.7 Å². The molecule has 0 aliphatic heterocycles. The monoisotopic (exact) mass is 537 g/mol. The third kappa shape index (κ3) is 6.99. The van der Waals surface area contributed by atoms with Crippen molar-refractivity contribution in [2.45, 2.75) is 63.3 Å². The molecule has 3 aromatic carbocycles. The topological polar surface area (TPSA) is 78.8 Å². The maximum Gasteiger partial charge on any atom is 0.273 e. The van der Waals surface area contributed by atoms with E-state index >= 15 is 0 Å². The van der Waals surface area contributed by atoms with E-state index < -0.39 is 15.9 Å². The summed E-state index contributed by atoms with van der Waals surface area (Å²) >= 11 is 6.05. The van der Waals surface area contributed by atoms with Crippen molar-refractivity contribution in [2.24, 2.45) is 5.10 Å². The van der Waals surface area contributed by atoms with E-state index in [0.29, 0.717) is 5.02 Å². The second-order valence-electron chi connectivity index (χ2n) is 9.36. The highest BCUT2D eigenvalue weighted by atomic mass is 35.5. The van der Waals surface area contributed by atoms with Gasteiger partial charge >= 0.3 is 0 Å². The van der Waals surface area contributed by atoms with Crippen LogP contribution < -0.4 is 9.73 Å². The van der Waals surface area contributed by atoms with Gasteiger partial charge in [-0.3, -0.25) is 9.10 Å². The maximum absolute atomic E-state index is 13.9. The molecule has 1 aliphatic rings. The number of hydrazone groups is 1. The first-order chi connectivity index (χ1) is 17.8. The number of rotatable bonds is 7. The molecule has 0 spiro atoms. The number of anilines is 1. The fraction of sp³-hybridized carbons (Fsp3) is 0.310. The fourth-order valence-corrected chi connectivity index (χ4v) is 5.99. The van der Waals surface area contributed by atoms with Crippen LogP contribution in [-0.2, 0) is 16.6 Å². The molecule has 0 aromatic heterocycles. The molecule has 194 valence electrons. The number of nitrogens with zero attached hydrogens (tertiary/aromatic N) is 2. The van der Waals surface area contributed by atoms with Crippen molar-refractivity contribution in [3.63, 3.8) is 0 Å². The summed E-state index contributed by atoms with van der Waals surface area (Å²) in [6.45, 7) is 1.94. The zero-order chi connectivity index (χ0) is 26.3. The minimum Gasteiger partial charge on any atom is -0.267 e. The Balaban J connectivity index is 1.70. The van der Waals surface area contributed by atoms with Crippen LogP contribution in [0.25, 0.3) is 0 Å². The minimum atomic E-state index is -3.99. The molecule has 1 fully saturated rings. The zero-order valence-electron chi connectivity index (χ0n) is 21.0. The van der Waals surface area contributed by atoms with Crippen LogP contribution in [0.2, 0.25) is 5.02 Å². The molecule has 4 rings (SSSR count). The summed E-state index contributed by atoms with van der Waals surface area (Å²) in [4.78, 5) is 13.5. The molecule has 0 heterocycles. The highest BCUT2D eigenvalue weighted by Gasteiger charge is 2.28. The molecule has 1 N–H and O–H groups in total. The van der Waals surface area contributed by atoms with Crippen molar-refractivity contribution in [1.82, 2.24) is 5.43 Å². The number of para-hydroxylation sites is 1. The Bertz CT molecular complexity index is 1340. The number of amides is 1. The molecule has 0 unspecified atom stereocenters. The Kier molecular flexibility index (Phi) is 9.00. The summed E-state index contributed by atoms with van der Waals surface area (Å²) in [6.07, 6.45) is 7.45. The van der Waals surface area contributed by atoms with Gasteiger partial charge in [0.15, 0.2) is 0 Å². The van der Waals surface area contributed by atoms with Gasteiger partial charge in [-0.05, 0) is 74.6 Å². The second kappa shape index (κ2) is 12.4. The summed E-state index contributed by atoms with van der Waals surface area (Å²) in [5.41, 5.74) is 5.89. The van der Waals surface area contributed by atoms with Crippen molar-refractivity contribution >= 4 is 38.9 Å². The molecule has 8 heteroatoms. The molecule has 0 atom stereocenters. The lowest BCUT2D eigenvalue weighted by Gasteiger charge is -2.26. The van der Waals surface area contributed by atoms with E-state index in [9.17, 15) is 13.2 Å². The van der Waals surface area contributed by atoms with E-state index in [-0.39, 0.29) is 22.7 Å². The van der Waals surface area contributed by atoms with Crippen LogP contribution in [0.1, 0.15) is 66.4 Å². The van der Waals surface area contributed by atoms with Gasteiger partial charge in [-0.2, -0.15) is 5.10 Å². The van der Waals surface area contributed by atoms with Crippen LogP contribution in [0.15, 0.2) is 82.8 Å². The number of hydrogen-bond acceptors (Lipinski definition) is 4. The molecule has 0 radical (unpaired) electrons. The Morgan fingerprint density at radius 3 is 2.19 bits per heavy atom. The lowest BCUT2D eigenvalue weighted by molar-refractivity contribution is 0.0955. The number of aryl methyl sites for hydroxylation is 1. The zero-order valence-corrected chi connectivity index (χ0v) is 22.6. The van der Waals surface area contributed by atoms with Crippen molar-refractivity contribution in [1.29, 1.82) is 0 Å². The summed E-state index contributed by atoms with van der Waals surface area (Å²) < 4.78 is 29.1. The molecule has 1 aliphatic carbocycles. The normalized spacial score (nSPS) is 14.4. The Morgan fingerprint density at radius 2 is 1.51 bits per heavy atom. The van der Waals surface area contributed by atoms with Gasteiger partial charge in [0, 0.05) is 10.7 Å². The van der Waals surface area contributed by atoms with E-state index in [1.54, 1.807) is 72.8 Å². The smallest absolute Gasteiger partial charge is 0.267 e. The van der Waals surface area contributed by atoms with Crippen LogP contribution in [0.3, 0.4) is 0 Å². The molecule has 37 heavy (non-hydrogen) atoms. The first-order valence-corrected chi connectivity index (χ1v) is 14.4. The SMILES string of the molecule is Cc1ccc(S(=O)(=O)N(Cc2ccc(Cl)cc2)c2ccccc2C(=O)NN=C2CCCCCCC2)cc1. The van der Waals surface area contributed by atoms with Gasteiger partial charge in [0.2, 0.25) is 0 Å². The first-order valence-electron chi connectivity index (χ1n) is 12.6. The predicted octanol–water partition coefficient (Wildman–Crippen LogP) is 6.87. The number of hydrogen-bond donors (Lipinski definition) is 1. The average molecular weight is 538 g/mol. The first kappa shape index (κ1) is 26.9. The van der Waals surface area contributed by atoms with Crippen LogP contribution in [0, 0.1) is 6.92 Å². The molecular formula is C29H32ClN3O3S. The Labute approximate surface area is 224 Å². The van der Waals surface area contributed by atoms with Gasteiger partial charge in [-0.25, -0.2) is 13.8 Å². The fourth-order valence-electron chi connectivity index (χ4n) is 4.39. The standard InChI is InChI=1S/C29H32ClN3O3S/c1-22-13-19-26(20-14-22)37(35,36)33(21-23-15-17-24(30)18-16-23)28-12-8-7-11-27(28)29(34)32-31-25-9-5-3-2-4-6-10-25/h7-8,11-20H,2-6,9-10,21H2,1H3,(H,32,34). The highest BCUT2D eigenvalue weighted by Crippen LogP contribution is 2.30. The van der Waals surface area contributed by atoms with Crippen molar-refractivity contribution in [3.8, 4) is 0 Å². The maximum atomic E-state index is 13.9. The van der Waals surface area contributed by atoms with Crippen LogP contribution in [0.5, 0.6) is 0 Å². The van der Waals surface area contributed by atoms with E-state index in [1.807, 2.05) is 6.92 Å². The van der Waals surface area contributed by atoms with E-state index in [4.69, 9.17) is 11.6 Å². The number of nitrogens with one attached hydrogen (secondary N) is 1. The molecule has 3 aromatic rings. The van der Waals surface area contributed by atoms with Crippen LogP contribution >= 0.6 is 11.6 Å². The lowest BCUT2D eigenvalue weighted by atomic mass is 9.99. The summed E-state index contributed by atoms with van der Waals surface area (Å²) in [5.74, 6) is -0.439. The lowest BCUT2D eigenvalue weighted by Crippen LogP contribution is -2.33. The summed E-state index contributed by atoms with van der Waals surface area (Å²) in [5, 5.41) is 4.98. The van der Waals surface area contributed by atoms with Gasteiger partial charge < -0.3 is 0 Å². The third-order valence-electron chi connectivity index (χ3n) is 6.51. The number of halogens is 1. The number of benzene rings is 3. The van der Waals surface area contributed by atoms with E-state index in [0.717, 1.165) is 42.5 Å². The van der Waals surface area contributed by atoms with Crippen LogP contribution in [-0.4, -0.2) is 20.0 Å². The Hall–Kier alpha value is -3.16. The average Bonchev–Trinajstić information content (AvgIpc) is 2.88. The van der Waals surface area contributed by atoms with E-state index in [1.165, 1.54) is 23.6 Å². The molecule has 1 saturated carbocycles. The molecule has 0 bridgehead atoms. The van der Waals surface area contributed by atoms with Crippen molar-refractivity contribution < 1.29 is 13.2 Å². The van der Waals surface area contributed by atoms with Gasteiger partial charge in [0.1, 0.15) is 0 Å². The highest BCUT2D eigenvalue weighted by molar-refractivity contribution is 7.92. The largest absolute Gasteiger partial charge is 0.273 e. The number of carbonyl (C=O) groups is 1. The summed E-state index contributed by atoms with van der Waals surface area (Å²) in [6, 6.07) is 20.4. The van der Waals surface area contributed by atoms with Gasteiger partial charge in [-0.1, -0.05) is 72.8 Å². The van der Waals surface area contributed by atoms with Crippen LogP contribution in [0.4, 0.5) is 5.69 Å². The number of carbonyl (C=O) groups excluding carboxylic acids is 1. The molecule has 6 nitrogen and oxygen atoms in total. The van der Waals surface area contributed by atoms with E-state index in [2.05, 4.69) is 10.5 Å². The van der Waals surface area contributed by atoms with Gasteiger partial charge in [-0.15, -0.1) is 0 Å². The van der Waals surface area contributed by atoms with Crippen molar-refractivity contribution in [3.05, 3.63) is 94.5 Å². The third-order valence-corrected chi connectivity index (χ3v) is 8.54.